The van der Waals surface area contributed by atoms with Crippen LogP contribution in [-0.2, 0) is 11.3 Å². The van der Waals surface area contributed by atoms with Crippen molar-refractivity contribution in [3.8, 4) is 0 Å². The van der Waals surface area contributed by atoms with Gasteiger partial charge in [-0.3, -0.25) is 4.79 Å². The highest BCUT2D eigenvalue weighted by molar-refractivity contribution is 6.76. The largest absolute Gasteiger partial charge is 0.308 e. The fraction of sp³-hybridized carbons (Fsp3) is 0.357. The molecule has 0 fully saturated rings. The summed E-state index contributed by atoms with van der Waals surface area (Å²) in [6, 6.07) is 9.69. The molecular weight excluding hydrogens is 305 g/mol. The van der Waals surface area contributed by atoms with Gasteiger partial charge < -0.3 is 4.90 Å². The molecule has 0 bridgehead atoms. The van der Waals surface area contributed by atoms with Gasteiger partial charge in [0, 0.05) is 5.70 Å². The van der Waals surface area contributed by atoms with Crippen molar-refractivity contribution in [1.29, 1.82) is 0 Å². The van der Waals surface area contributed by atoms with Gasteiger partial charge in [-0.1, -0.05) is 71.2 Å². The predicted octanol–water partition coefficient (Wildman–Crippen LogP) is 4.45. The zero-order valence-corrected chi connectivity index (χ0v) is 12.5. The van der Waals surface area contributed by atoms with E-state index < -0.39 is 9.70 Å². The van der Waals surface area contributed by atoms with Gasteiger partial charge >= 0.3 is 0 Å². The van der Waals surface area contributed by atoms with Gasteiger partial charge in [-0.05, 0) is 24.8 Å². The highest BCUT2D eigenvalue weighted by atomic mass is 35.6. The molecule has 0 atom stereocenters. The van der Waals surface area contributed by atoms with Gasteiger partial charge in [0.2, 0.25) is 0 Å². The molecule has 2 rings (SSSR count). The summed E-state index contributed by atoms with van der Waals surface area (Å²) >= 11 is 17.2. The summed E-state index contributed by atoms with van der Waals surface area (Å²) < 4.78 is -1.92. The Labute approximate surface area is 127 Å². The van der Waals surface area contributed by atoms with Crippen LogP contribution in [0.1, 0.15) is 24.8 Å². The molecule has 1 aliphatic rings. The van der Waals surface area contributed by atoms with Crippen molar-refractivity contribution in [3.05, 3.63) is 47.7 Å². The molecule has 1 amide bonds. The molecule has 5 heteroatoms. The minimum Gasteiger partial charge on any atom is -0.308 e. The fourth-order valence-corrected chi connectivity index (χ4v) is 2.43. The van der Waals surface area contributed by atoms with Gasteiger partial charge in [-0.2, -0.15) is 0 Å². The summed E-state index contributed by atoms with van der Waals surface area (Å²) in [6.45, 7) is 0.430. The summed E-state index contributed by atoms with van der Waals surface area (Å²) in [7, 11) is 0. The van der Waals surface area contributed by atoms with E-state index in [1.165, 1.54) is 0 Å². The number of nitrogens with zero attached hydrogens (tertiary/aromatic N) is 1. The highest BCUT2D eigenvalue weighted by Crippen LogP contribution is 2.33. The molecule has 0 aromatic heterocycles. The first-order valence-corrected chi connectivity index (χ1v) is 7.23. The van der Waals surface area contributed by atoms with Crippen LogP contribution in [0.25, 0.3) is 0 Å². The number of hydrogen-bond acceptors (Lipinski definition) is 1. The normalized spacial score (nSPS) is 15.2. The summed E-state index contributed by atoms with van der Waals surface area (Å²) in [5.41, 5.74) is 1.96. The Bertz CT molecular complexity index is 479. The molecule has 1 aromatic rings. The van der Waals surface area contributed by atoms with Crippen molar-refractivity contribution in [2.24, 2.45) is 0 Å². The van der Waals surface area contributed by atoms with E-state index >= 15 is 0 Å². The topological polar surface area (TPSA) is 20.3 Å². The van der Waals surface area contributed by atoms with Gasteiger partial charge in [0.25, 0.3) is 9.70 Å². The summed E-state index contributed by atoms with van der Waals surface area (Å²) in [5, 5.41) is 0. The third kappa shape index (κ3) is 3.88. The van der Waals surface area contributed by atoms with Crippen LogP contribution in [0.2, 0.25) is 0 Å². The van der Waals surface area contributed by atoms with Gasteiger partial charge in [-0.15, -0.1) is 0 Å². The number of alkyl halides is 3. The third-order valence-corrected chi connectivity index (χ3v) is 3.52. The van der Waals surface area contributed by atoms with Crippen molar-refractivity contribution in [2.75, 3.05) is 0 Å². The smallest absolute Gasteiger partial charge is 0.279 e. The second kappa shape index (κ2) is 6.17. The molecule has 0 unspecified atom stereocenters. The minimum atomic E-state index is -1.92. The first kappa shape index (κ1) is 14.7. The highest BCUT2D eigenvalue weighted by Gasteiger charge is 2.36. The number of carbonyl (C=O) groups is 1. The number of halogens is 3. The van der Waals surface area contributed by atoms with Crippen LogP contribution in [0.4, 0.5) is 0 Å². The summed E-state index contributed by atoms with van der Waals surface area (Å²) in [6.07, 6.45) is 4.89. The average Bonchev–Trinajstić information content (AvgIpc) is 2.89. The lowest BCUT2D eigenvalue weighted by atomic mass is 10.2. The molecule has 1 aromatic carbocycles. The van der Waals surface area contributed by atoms with Crippen LogP contribution in [0.15, 0.2) is 42.1 Å². The van der Waals surface area contributed by atoms with Crippen LogP contribution < -0.4 is 0 Å². The molecule has 19 heavy (non-hydrogen) atoms. The Morgan fingerprint density at radius 3 is 2.42 bits per heavy atom. The van der Waals surface area contributed by atoms with E-state index in [1.54, 1.807) is 4.90 Å². The molecular formula is C14H14Cl3NO. The van der Waals surface area contributed by atoms with Crippen LogP contribution in [0.3, 0.4) is 0 Å². The molecule has 102 valence electrons. The van der Waals surface area contributed by atoms with E-state index in [-0.39, 0.29) is 0 Å². The average molecular weight is 319 g/mol. The molecule has 0 spiro atoms. The maximum atomic E-state index is 12.2. The van der Waals surface area contributed by atoms with E-state index in [0.29, 0.717) is 6.54 Å². The van der Waals surface area contributed by atoms with Crippen molar-refractivity contribution in [2.45, 2.75) is 29.6 Å². The zero-order valence-electron chi connectivity index (χ0n) is 10.3. The SMILES string of the molecule is O=C(N(Cc1ccccc1)C1=CCCC1)C(Cl)(Cl)Cl. The van der Waals surface area contributed by atoms with Crippen molar-refractivity contribution < 1.29 is 4.79 Å². The number of benzene rings is 1. The quantitative estimate of drug-likeness (QED) is 0.754. The van der Waals surface area contributed by atoms with Crippen molar-refractivity contribution in [3.63, 3.8) is 0 Å². The Morgan fingerprint density at radius 1 is 1.21 bits per heavy atom. The summed E-state index contributed by atoms with van der Waals surface area (Å²) in [4.78, 5) is 13.8. The lowest BCUT2D eigenvalue weighted by Gasteiger charge is -2.27. The van der Waals surface area contributed by atoms with Gasteiger partial charge in [0.15, 0.2) is 0 Å². The molecule has 0 aliphatic heterocycles. The monoisotopic (exact) mass is 317 g/mol. The molecule has 0 N–H and O–H groups in total. The Hall–Kier alpha value is -0.700. The first-order valence-electron chi connectivity index (χ1n) is 6.10. The number of hydrogen-bond donors (Lipinski definition) is 0. The molecule has 0 saturated carbocycles. The van der Waals surface area contributed by atoms with E-state index in [0.717, 1.165) is 30.5 Å². The predicted molar refractivity (Wildman–Crippen MR) is 79.2 cm³/mol. The molecule has 0 saturated heterocycles. The van der Waals surface area contributed by atoms with Crippen molar-refractivity contribution >= 4 is 40.7 Å². The van der Waals surface area contributed by atoms with Gasteiger partial charge in [0.05, 0.1) is 6.54 Å². The van der Waals surface area contributed by atoms with Crippen LogP contribution in [0.5, 0.6) is 0 Å². The standard InChI is InChI=1S/C14H14Cl3NO/c15-14(16,17)13(19)18(12-8-4-5-9-12)10-11-6-2-1-3-7-11/h1-3,6-8H,4-5,9-10H2. The second-order valence-corrected chi connectivity index (χ2v) is 6.74. The maximum absolute atomic E-state index is 12.2. The minimum absolute atomic E-state index is 0.430. The van der Waals surface area contributed by atoms with E-state index in [2.05, 4.69) is 0 Å². The Morgan fingerprint density at radius 2 is 1.89 bits per heavy atom. The van der Waals surface area contributed by atoms with Gasteiger partial charge in [-0.25, -0.2) is 0 Å². The molecule has 1 aliphatic carbocycles. The number of amides is 1. The molecule has 0 heterocycles. The molecule has 2 nitrogen and oxygen atoms in total. The lowest BCUT2D eigenvalue weighted by Crippen LogP contribution is -2.38. The van der Waals surface area contributed by atoms with Crippen LogP contribution >= 0.6 is 34.8 Å². The van der Waals surface area contributed by atoms with E-state index in [4.69, 9.17) is 34.8 Å². The van der Waals surface area contributed by atoms with Crippen LogP contribution in [0, 0.1) is 0 Å². The Balaban J connectivity index is 2.22. The van der Waals surface area contributed by atoms with Crippen LogP contribution in [-0.4, -0.2) is 14.6 Å². The first-order chi connectivity index (χ1) is 8.98. The second-order valence-electron chi connectivity index (χ2n) is 4.46. The fourth-order valence-electron chi connectivity index (χ4n) is 2.12. The van der Waals surface area contributed by atoms with Crippen molar-refractivity contribution in [1.82, 2.24) is 4.90 Å². The lowest BCUT2D eigenvalue weighted by molar-refractivity contribution is -0.128. The Kier molecular flexibility index (Phi) is 4.77. The molecule has 0 radical (unpaired) electrons. The summed E-state index contributed by atoms with van der Waals surface area (Å²) in [5.74, 6) is -0.491. The van der Waals surface area contributed by atoms with E-state index in [1.807, 2.05) is 36.4 Å². The third-order valence-electron chi connectivity index (χ3n) is 3.03. The number of rotatable bonds is 3. The number of allylic oxidation sites excluding steroid dienone is 2. The maximum Gasteiger partial charge on any atom is 0.279 e. The number of carbonyl (C=O) groups excluding carboxylic acids is 1. The zero-order chi connectivity index (χ0) is 13.9. The van der Waals surface area contributed by atoms with E-state index in [9.17, 15) is 4.79 Å². The van der Waals surface area contributed by atoms with Gasteiger partial charge in [0.1, 0.15) is 0 Å².